The van der Waals surface area contributed by atoms with E-state index in [9.17, 15) is 14.4 Å². The smallest absolute Gasteiger partial charge is 0.410 e. The fraction of sp³-hybridized carbons (Fsp3) is 0.571. The molecule has 2 aromatic rings. The summed E-state index contributed by atoms with van der Waals surface area (Å²) in [6.07, 6.45) is 2.70. The van der Waals surface area contributed by atoms with Gasteiger partial charge in [-0.2, -0.15) is 0 Å². The Labute approximate surface area is 132 Å². The molecule has 2 heterocycles. The van der Waals surface area contributed by atoms with Crippen LogP contribution in [0.4, 0.5) is 4.79 Å². The number of unbranched alkanes of at least 4 members (excludes halogenated alkanes) is 1. The Kier molecular flexibility index (Phi) is 4.87. The van der Waals surface area contributed by atoms with Gasteiger partial charge in [0, 0.05) is 21.1 Å². The summed E-state index contributed by atoms with van der Waals surface area (Å²) >= 11 is 0. The Balaban J connectivity index is 2.30. The van der Waals surface area contributed by atoms with Crippen molar-refractivity contribution in [3.05, 3.63) is 27.2 Å². The standard InChI is InChI=1S/C14H21N5O4/c1-5-6-7-23-14(22)16(2)9-19-8-15-11-10(19)12(20)18(4)13(21)17(11)3/h8H,5-7,9H2,1-4H3. The molecule has 0 saturated heterocycles. The molecule has 0 N–H and O–H groups in total. The quantitative estimate of drug-likeness (QED) is 0.736. The predicted molar refractivity (Wildman–Crippen MR) is 84.2 cm³/mol. The zero-order valence-electron chi connectivity index (χ0n) is 13.8. The molecule has 0 bridgehead atoms. The first-order chi connectivity index (χ1) is 10.9. The largest absolute Gasteiger partial charge is 0.449 e. The maximum absolute atomic E-state index is 12.3. The van der Waals surface area contributed by atoms with Crippen LogP contribution in [0.25, 0.3) is 11.2 Å². The minimum atomic E-state index is -0.470. The van der Waals surface area contributed by atoms with Crippen LogP contribution in [0.15, 0.2) is 15.9 Å². The van der Waals surface area contributed by atoms with Crippen molar-refractivity contribution in [1.29, 1.82) is 0 Å². The van der Waals surface area contributed by atoms with E-state index in [0.29, 0.717) is 6.61 Å². The van der Waals surface area contributed by atoms with Gasteiger partial charge in [0.2, 0.25) is 0 Å². The molecule has 0 aliphatic carbocycles. The van der Waals surface area contributed by atoms with Crippen molar-refractivity contribution >= 4 is 17.3 Å². The van der Waals surface area contributed by atoms with E-state index in [1.165, 1.54) is 27.4 Å². The molecule has 0 aromatic carbocycles. The van der Waals surface area contributed by atoms with Gasteiger partial charge in [-0.3, -0.25) is 18.8 Å². The molecule has 0 spiro atoms. The molecular formula is C14H21N5O4. The molecule has 0 fully saturated rings. The van der Waals surface area contributed by atoms with Gasteiger partial charge in [0.1, 0.15) is 6.67 Å². The number of aromatic nitrogens is 4. The van der Waals surface area contributed by atoms with Gasteiger partial charge in [0.05, 0.1) is 12.9 Å². The van der Waals surface area contributed by atoms with Crippen molar-refractivity contribution in [2.24, 2.45) is 14.1 Å². The molecule has 0 aliphatic heterocycles. The summed E-state index contributed by atoms with van der Waals surface area (Å²) in [7, 11) is 4.53. The molecule has 0 radical (unpaired) electrons. The molecule has 0 atom stereocenters. The Morgan fingerprint density at radius 3 is 2.65 bits per heavy atom. The number of hydrogen-bond acceptors (Lipinski definition) is 5. The van der Waals surface area contributed by atoms with Crippen molar-refractivity contribution in [2.45, 2.75) is 26.4 Å². The number of nitrogens with zero attached hydrogens (tertiary/aromatic N) is 5. The molecule has 9 nitrogen and oxygen atoms in total. The van der Waals surface area contributed by atoms with Crippen LogP contribution in [0.5, 0.6) is 0 Å². The minimum Gasteiger partial charge on any atom is -0.449 e. The zero-order valence-corrected chi connectivity index (χ0v) is 13.8. The normalized spacial score (nSPS) is 11.0. The first-order valence-electron chi connectivity index (χ1n) is 7.37. The first kappa shape index (κ1) is 16.8. The van der Waals surface area contributed by atoms with Crippen molar-refractivity contribution in [3.8, 4) is 0 Å². The van der Waals surface area contributed by atoms with E-state index in [1.54, 1.807) is 14.1 Å². The number of amides is 1. The predicted octanol–water partition coefficient (Wildman–Crippen LogP) is 0.260. The van der Waals surface area contributed by atoms with Crippen LogP contribution in [-0.2, 0) is 25.5 Å². The highest BCUT2D eigenvalue weighted by molar-refractivity contribution is 5.71. The summed E-state index contributed by atoms with van der Waals surface area (Å²) in [6, 6.07) is 0. The van der Waals surface area contributed by atoms with Crippen molar-refractivity contribution in [1.82, 2.24) is 23.6 Å². The van der Waals surface area contributed by atoms with E-state index < -0.39 is 17.3 Å². The number of aryl methyl sites for hydroxylation is 1. The van der Waals surface area contributed by atoms with Crippen molar-refractivity contribution < 1.29 is 9.53 Å². The van der Waals surface area contributed by atoms with E-state index >= 15 is 0 Å². The summed E-state index contributed by atoms with van der Waals surface area (Å²) in [5.41, 5.74) is -0.345. The van der Waals surface area contributed by atoms with Crippen LogP contribution < -0.4 is 11.2 Å². The van der Waals surface area contributed by atoms with Crippen molar-refractivity contribution in [3.63, 3.8) is 0 Å². The van der Waals surface area contributed by atoms with Gasteiger partial charge >= 0.3 is 11.8 Å². The molecule has 2 rings (SSSR count). The van der Waals surface area contributed by atoms with Gasteiger partial charge in [-0.25, -0.2) is 14.6 Å². The van der Waals surface area contributed by atoms with Gasteiger partial charge < -0.3 is 9.30 Å². The molecule has 0 unspecified atom stereocenters. The highest BCUT2D eigenvalue weighted by Gasteiger charge is 2.17. The second-order valence-electron chi connectivity index (χ2n) is 5.40. The monoisotopic (exact) mass is 323 g/mol. The SMILES string of the molecule is CCCCOC(=O)N(C)Cn1cnc2c1c(=O)n(C)c(=O)n2C. The second kappa shape index (κ2) is 6.67. The van der Waals surface area contributed by atoms with Crippen LogP contribution in [0.2, 0.25) is 0 Å². The molecule has 1 amide bonds. The minimum absolute atomic E-state index is 0.106. The summed E-state index contributed by atoms with van der Waals surface area (Å²) < 4.78 is 8.95. The van der Waals surface area contributed by atoms with Crippen LogP contribution in [0, 0.1) is 0 Å². The number of ether oxygens (including phenoxy) is 1. The lowest BCUT2D eigenvalue weighted by Gasteiger charge is -2.17. The number of fused-ring (bicyclic) bond motifs is 1. The molecule has 0 aliphatic rings. The van der Waals surface area contributed by atoms with E-state index in [2.05, 4.69) is 4.98 Å². The lowest BCUT2D eigenvalue weighted by atomic mass is 10.4. The molecule has 2 aromatic heterocycles. The highest BCUT2D eigenvalue weighted by atomic mass is 16.6. The third-order valence-electron chi connectivity index (χ3n) is 3.62. The molecule has 23 heavy (non-hydrogen) atoms. The van der Waals surface area contributed by atoms with Crippen LogP contribution in [0.3, 0.4) is 0 Å². The summed E-state index contributed by atoms with van der Waals surface area (Å²) in [5.74, 6) is 0. The Morgan fingerprint density at radius 2 is 2.00 bits per heavy atom. The van der Waals surface area contributed by atoms with Gasteiger partial charge in [0.15, 0.2) is 11.2 Å². The lowest BCUT2D eigenvalue weighted by molar-refractivity contribution is 0.101. The summed E-state index contributed by atoms with van der Waals surface area (Å²) in [5, 5.41) is 0. The van der Waals surface area contributed by atoms with E-state index in [0.717, 1.165) is 17.4 Å². The van der Waals surface area contributed by atoms with Crippen LogP contribution in [-0.4, -0.2) is 43.3 Å². The van der Waals surface area contributed by atoms with Gasteiger partial charge in [-0.1, -0.05) is 13.3 Å². The van der Waals surface area contributed by atoms with E-state index in [-0.39, 0.29) is 17.8 Å². The van der Waals surface area contributed by atoms with E-state index in [4.69, 9.17) is 4.74 Å². The number of carbonyl (C=O) groups excluding carboxylic acids is 1. The summed E-state index contributed by atoms with van der Waals surface area (Å²) in [4.78, 5) is 41.5. The fourth-order valence-corrected chi connectivity index (χ4v) is 2.20. The van der Waals surface area contributed by atoms with Gasteiger partial charge in [-0.05, 0) is 6.42 Å². The summed E-state index contributed by atoms with van der Waals surface area (Å²) in [6.45, 7) is 2.48. The topological polar surface area (TPSA) is 91.4 Å². The Morgan fingerprint density at radius 1 is 1.30 bits per heavy atom. The average Bonchev–Trinajstić information content (AvgIpc) is 2.94. The number of hydrogen-bond donors (Lipinski definition) is 0. The average molecular weight is 323 g/mol. The second-order valence-corrected chi connectivity index (χ2v) is 5.40. The van der Waals surface area contributed by atoms with Gasteiger partial charge in [0.25, 0.3) is 5.56 Å². The van der Waals surface area contributed by atoms with E-state index in [1.807, 2.05) is 6.92 Å². The Hall–Kier alpha value is -2.58. The zero-order chi connectivity index (χ0) is 17.1. The maximum Gasteiger partial charge on any atom is 0.410 e. The molecular weight excluding hydrogens is 302 g/mol. The number of imidazole rings is 1. The first-order valence-corrected chi connectivity index (χ1v) is 7.37. The fourth-order valence-electron chi connectivity index (χ4n) is 2.20. The third kappa shape index (κ3) is 3.13. The molecule has 0 saturated carbocycles. The van der Waals surface area contributed by atoms with Crippen molar-refractivity contribution in [2.75, 3.05) is 13.7 Å². The van der Waals surface area contributed by atoms with Crippen LogP contribution >= 0.6 is 0 Å². The van der Waals surface area contributed by atoms with Crippen LogP contribution in [0.1, 0.15) is 19.8 Å². The lowest BCUT2D eigenvalue weighted by Crippen LogP contribution is -2.38. The maximum atomic E-state index is 12.3. The highest BCUT2D eigenvalue weighted by Crippen LogP contribution is 2.07. The number of rotatable bonds is 5. The molecule has 126 valence electrons. The van der Waals surface area contributed by atoms with Gasteiger partial charge in [-0.15, -0.1) is 0 Å². The molecule has 9 heteroatoms. The Bertz CT molecular complexity index is 832. The number of carbonyl (C=O) groups is 1. The third-order valence-corrected chi connectivity index (χ3v) is 3.62.